The Balaban J connectivity index is 1.63. The second-order valence-corrected chi connectivity index (χ2v) is 5.87. The number of morpholine rings is 1. The minimum absolute atomic E-state index is 0.572. The van der Waals surface area contributed by atoms with Gasteiger partial charge in [-0.1, -0.05) is 0 Å². The summed E-state index contributed by atoms with van der Waals surface area (Å²) >= 11 is 0. The fraction of sp³-hybridized carbons (Fsp3) is 0.733. The molecule has 0 bridgehead atoms. The van der Waals surface area contributed by atoms with Gasteiger partial charge in [0.05, 0.1) is 20.3 Å². The van der Waals surface area contributed by atoms with Crippen molar-refractivity contribution in [3.8, 4) is 5.88 Å². The average Bonchev–Trinajstić information content (AvgIpc) is 2.90. The van der Waals surface area contributed by atoms with Crippen LogP contribution >= 0.6 is 0 Å². The molecular formula is C15H24N4O2. The van der Waals surface area contributed by atoms with Crippen molar-refractivity contribution in [3.05, 3.63) is 18.1 Å². The Labute approximate surface area is 126 Å². The monoisotopic (exact) mass is 292 g/mol. The molecule has 0 spiro atoms. The fourth-order valence-electron chi connectivity index (χ4n) is 3.35. The molecule has 6 nitrogen and oxygen atoms in total. The highest BCUT2D eigenvalue weighted by atomic mass is 16.5. The number of nitrogens with zero attached hydrogens (tertiary/aromatic N) is 4. The van der Waals surface area contributed by atoms with Crippen molar-refractivity contribution in [3.63, 3.8) is 0 Å². The molecule has 2 aliphatic heterocycles. The van der Waals surface area contributed by atoms with Gasteiger partial charge < -0.3 is 9.47 Å². The van der Waals surface area contributed by atoms with Gasteiger partial charge in [0, 0.05) is 50.0 Å². The average molecular weight is 292 g/mol. The third-order valence-electron chi connectivity index (χ3n) is 4.56. The Morgan fingerprint density at radius 2 is 2.19 bits per heavy atom. The Morgan fingerprint density at radius 1 is 1.38 bits per heavy atom. The number of likely N-dealkylation sites (tertiary alicyclic amines) is 1. The van der Waals surface area contributed by atoms with E-state index >= 15 is 0 Å². The molecule has 0 amide bonds. The first-order valence-corrected chi connectivity index (χ1v) is 7.66. The van der Waals surface area contributed by atoms with Crippen molar-refractivity contribution < 1.29 is 9.47 Å². The molecule has 0 saturated carbocycles. The van der Waals surface area contributed by atoms with Crippen LogP contribution in [0.25, 0.3) is 0 Å². The Morgan fingerprint density at radius 3 is 2.95 bits per heavy atom. The zero-order chi connectivity index (χ0) is 14.7. The molecule has 2 aliphatic rings. The smallest absolute Gasteiger partial charge is 0.220 e. The lowest BCUT2D eigenvalue weighted by molar-refractivity contribution is 0.0183. The lowest BCUT2D eigenvalue weighted by Gasteiger charge is -2.32. The summed E-state index contributed by atoms with van der Waals surface area (Å²) < 4.78 is 10.8. The van der Waals surface area contributed by atoms with Crippen LogP contribution in [0.1, 0.15) is 18.9 Å². The molecule has 6 heteroatoms. The lowest BCUT2D eigenvalue weighted by Crippen LogP contribution is -2.44. The van der Waals surface area contributed by atoms with E-state index in [0.717, 1.165) is 45.0 Å². The van der Waals surface area contributed by atoms with Gasteiger partial charge in [0.25, 0.3) is 0 Å². The molecule has 2 saturated heterocycles. The molecule has 1 aromatic rings. The van der Waals surface area contributed by atoms with E-state index in [2.05, 4.69) is 26.7 Å². The van der Waals surface area contributed by atoms with Crippen LogP contribution < -0.4 is 4.74 Å². The van der Waals surface area contributed by atoms with E-state index in [1.165, 1.54) is 12.7 Å². The summed E-state index contributed by atoms with van der Waals surface area (Å²) in [7, 11) is 1.66. The van der Waals surface area contributed by atoms with Gasteiger partial charge in [-0.3, -0.25) is 9.80 Å². The van der Waals surface area contributed by atoms with Crippen LogP contribution in [0.2, 0.25) is 0 Å². The molecule has 2 fully saturated rings. The van der Waals surface area contributed by atoms with Gasteiger partial charge in [-0.05, 0) is 13.3 Å². The number of rotatable bonds is 4. The van der Waals surface area contributed by atoms with Crippen molar-refractivity contribution in [2.45, 2.75) is 32.0 Å². The van der Waals surface area contributed by atoms with Crippen molar-refractivity contribution in [2.24, 2.45) is 0 Å². The summed E-state index contributed by atoms with van der Waals surface area (Å²) in [6.07, 6.45) is 4.61. The molecule has 0 aromatic carbocycles. The van der Waals surface area contributed by atoms with Crippen molar-refractivity contribution in [1.82, 2.24) is 19.8 Å². The fourth-order valence-corrected chi connectivity index (χ4v) is 3.35. The summed E-state index contributed by atoms with van der Waals surface area (Å²) in [6.45, 7) is 8.10. The molecule has 2 unspecified atom stereocenters. The summed E-state index contributed by atoms with van der Waals surface area (Å²) in [5.41, 5.74) is 1.06. The second-order valence-electron chi connectivity index (χ2n) is 5.87. The van der Waals surface area contributed by atoms with E-state index in [9.17, 15) is 0 Å². The van der Waals surface area contributed by atoms with Gasteiger partial charge >= 0.3 is 0 Å². The van der Waals surface area contributed by atoms with Crippen LogP contribution in [0.5, 0.6) is 5.88 Å². The Kier molecular flexibility index (Phi) is 4.67. The van der Waals surface area contributed by atoms with Gasteiger partial charge in [-0.25, -0.2) is 9.97 Å². The molecular weight excluding hydrogens is 268 g/mol. The van der Waals surface area contributed by atoms with Gasteiger partial charge in [-0.15, -0.1) is 0 Å². The van der Waals surface area contributed by atoms with Gasteiger partial charge in [-0.2, -0.15) is 0 Å². The second kappa shape index (κ2) is 6.68. The molecule has 3 rings (SSSR count). The standard InChI is InChI=1S/C15H24N4O2/c1-12-7-14(18-3-5-21-6-4-18)10-19(12)9-13-8-16-11-17-15(13)20-2/h8,11-12,14H,3-7,9-10H2,1-2H3. The highest BCUT2D eigenvalue weighted by Crippen LogP contribution is 2.26. The van der Waals surface area contributed by atoms with E-state index < -0.39 is 0 Å². The highest BCUT2D eigenvalue weighted by molar-refractivity contribution is 5.22. The first kappa shape index (κ1) is 14.7. The van der Waals surface area contributed by atoms with Crippen LogP contribution in [-0.4, -0.2) is 71.8 Å². The number of methoxy groups -OCH3 is 1. The third kappa shape index (κ3) is 3.33. The lowest BCUT2D eigenvalue weighted by atomic mass is 10.1. The van der Waals surface area contributed by atoms with E-state index in [1.54, 1.807) is 7.11 Å². The van der Waals surface area contributed by atoms with Gasteiger partial charge in [0.15, 0.2) is 0 Å². The first-order valence-electron chi connectivity index (χ1n) is 7.66. The van der Waals surface area contributed by atoms with E-state index in [-0.39, 0.29) is 0 Å². The van der Waals surface area contributed by atoms with Crippen LogP contribution in [0.15, 0.2) is 12.5 Å². The summed E-state index contributed by atoms with van der Waals surface area (Å²) in [5, 5.41) is 0. The van der Waals surface area contributed by atoms with Crippen LogP contribution in [0.3, 0.4) is 0 Å². The molecule has 0 radical (unpaired) electrons. The van der Waals surface area contributed by atoms with Crippen LogP contribution in [0.4, 0.5) is 0 Å². The maximum atomic E-state index is 5.45. The first-order chi connectivity index (χ1) is 10.3. The molecule has 1 aromatic heterocycles. The maximum Gasteiger partial charge on any atom is 0.220 e. The Bertz CT molecular complexity index is 465. The topological polar surface area (TPSA) is 50.7 Å². The molecule has 0 aliphatic carbocycles. The largest absolute Gasteiger partial charge is 0.481 e. The van der Waals surface area contributed by atoms with Crippen molar-refractivity contribution in [1.29, 1.82) is 0 Å². The van der Waals surface area contributed by atoms with Crippen LogP contribution in [-0.2, 0) is 11.3 Å². The van der Waals surface area contributed by atoms with Crippen molar-refractivity contribution in [2.75, 3.05) is 40.0 Å². The molecule has 3 heterocycles. The zero-order valence-electron chi connectivity index (χ0n) is 12.9. The third-order valence-corrected chi connectivity index (χ3v) is 4.56. The van der Waals surface area contributed by atoms with Crippen molar-refractivity contribution >= 4 is 0 Å². The predicted octanol–water partition coefficient (Wildman–Crippen LogP) is 0.780. The predicted molar refractivity (Wildman–Crippen MR) is 79.3 cm³/mol. The number of aromatic nitrogens is 2. The molecule has 2 atom stereocenters. The minimum Gasteiger partial charge on any atom is -0.481 e. The molecule has 0 N–H and O–H groups in total. The highest BCUT2D eigenvalue weighted by Gasteiger charge is 2.33. The van der Waals surface area contributed by atoms with E-state index in [4.69, 9.17) is 9.47 Å². The normalized spacial score (nSPS) is 27.9. The minimum atomic E-state index is 0.572. The zero-order valence-corrected chi connectivity index (χ0v) is 12.9. The quantitative estimate of drug-likeness (QED) is 0.817. The number of hydrogen-bond donors (Lipinski definition) is 0. The van der Waals surface area contributed by atoms with E-state index in [1.807, 2.05) is 6.20 Å². The summed E-state index contributed by atoms with van der Waals surface area (Å²) in [4.78, 5) is 13.4. The van der Waals surface area contributed by atoms with Crippen LogP contribution in [0, 0.1) is 0 Å². The van der Waals surface area contributed by atoms with Gasteiger partial charge in [0.1, 0.15) is 6.33 Å². The Hall–Kier alpha value is -1.24. The SMILES string of the molecule is COc1ncncc1CN1CC(N2CCOCC2)CC1C. The van der Waals surface area contributed by atoms with Gasteiger partial charge in [0.2, 0.25) is 5.88 Å². The maximum absolute atomic E-state index is 5.45. The summed E-state index contributed by atoms with van der Waals surface area (Å²) in [6, 6.07) is 1.21. The summed E-state index contributed by atoms with van der Waals surface area (Å²) in [5.74, 6) is 0.687. The molecule has 116 valence electrons. The molecule has 21 heavy (non-hydrogen) atoms. The number of hydrogen-bond acceptors (Lipinski definition) is 6. The van der Waals surface area contributed by atoms with E-state index in [0.29, 0.717) is 18.0 Å². The number of ether oxygens (including phenoxy) is 2.